The molecule has 0 amide bonds. The molecule has 0 radical (unpaired) electrons. The van der Waals surface area contributed by atoms with Gasteiger partial charge in [0.25, 0.3) is 0 Å². The van der Waals surface area contributed by atoms with Crippen LogP contribution in [-0.2, 0) is 9.53 Å². The van der Waals surface area contributed by atoms with Crippen LogP contribution in [0.1, 0.15) is 16.7 Å². The van der Waals surface area contributed by atoms with Gasteiger partial charge in [0.05, 0.1) is 0 Å². The number of esters is 1. The predicted molar refractivity (Wildman–Crippen MR) is 93.9 cm³/mol. The molecule has 2 aromatic rings. The fourth-order valence-electron chi connectivity index (χ4n) is 2.34. The van der Waals surface area contributed by atoms with Crippen LogP contribution >= 0.6 is 0 Å². The number of ether oxygens (including phenoxy) is 2. The molecule has 0 unspecified atom stereocenters. The van der Waals surface area contributed by atoms with E-state index in [1.807, 2.05) is 55.5 Å². The lowest BCUT2D eigenvalue weighted by atomic mass is 10.1. The van der Waals surface area contributed by atoms with Crippen LogP contribution in [0.4, 0.5) is 0 Å². The van der Waals surface area contributed by atoms with Crippen LogP contribution in [0.2, 0.25) is 0 Å². The lowest BCUT2D eigenvalue weighted by molar-refractivity contribution is -0.129. The number of para-hydroxylation sites is 1. The molecule has 2 aromatic carbocycles. The Morgan fingerprint density at radius 2 is 2.04 bits per heavy atom. The molecule has 0 spiro atoms. The second kappa shape index (κ2) is 6.96. The molecule has 0 atom stereocenters. The number of nitrogens with zero attached hydrogens (tertiary/aromatic N) is 1. The molecule has 1 aliphatic rings. The van der Waals surface area contributed by atoms with Crippen molar-refractivity contribution in [2.45, 2.75) is 6.92 Å². The number of benzene rings is 2. The van der Waals surface area contributed by atoms with E-state index in [1.165, 1.54) is 0 Å². The average molecular weight is 319 g/mol. The van der Waals surface area contributed by atoms with Gasteiger partial charge in [-0.05, 0) is 31.2 Å². The summed E-state index contributed by atoms with van der Waals surface area (Å²) in [6.07, 6.45) is 3.34. The molecule has 0 fully saturated rings. The molecule has 1 aliphatic heterocycles. The van der Waals surface area contributed by atoms with E-state index in [-0.39, 0.29) is 5.70 Å². The Kier molecular flexibility index (Phi) is 4.57. The van der Waals surface area contributed by atoms with Gasteiger partial charge in [0.15, 0.2) is 5.70 Å². The van der Waals surface area contributed by atoms with Gasteiger partial charge in [-0.1, -0.05) is 48.6 Å². The first-order chi connectivity index (χ1) is 11.7. The summed E-state index contributed by atoms with van der Waals surface area (Å²) in [5.41, 5.74) is 2.87. The molecule has 0 saturated heterocycles. The highest BCUT2D eigenvalue weighted by molar-refractivity contribution is 6.13. The van der Waals surface area contributed by atoms with E-state index in [2.05, 4.69) is 11.6 Å². The third-order valence-corrected chi connectivity index (χ3v) is 3.45. The van der Waals surface area contributed by atoms with Crippen LogP contribution in [0.5, 0.6) is 5.75 Å². The van der Waals surface area contributed by atoms with Crippen LogP contribution in [0.25, 0.3) is 6.08 Å². The molecular formula is C20H17NO3. The monoisotopic (exact) mass is 319 g/mol. The van der Waals surface area contributed by atoms with Crippen LogP contribution in [0, 0.1) is 6.92 Å². The van der Waals surface area contributed by atoms with Gasteiger partial charge in [0.1, 0.15) is 12.4 Å². The minimum Gasteiger partial charge on any atom is -0.489 e. The number of aliphatic imine (C=N–C) groups is 1. The zero-order valence-electron chi connectivity index (χ0n) is 13.4. The number of carbonyl (C=O) groups excluding carboxylic acids is 1. The Balaban J connectivity index is 1.93. The van der Waals surface area contributed by atoms with E-state index < -0.39 is 5.97 Å². The summed E-state index contributed by atoms with van der Waals surface area (Å²) >= 11 is 0. The van der Waals surface area contributed by atoms with Gasteiger partial charge < -0.3 is 9.47 Å². The van der Waals surface area contributed by atoms with Crippen LogP contribution in [-0.4, -0.2) is 18.5 Å². The van der Waals surface area contributed by atoms with E-state index in [0.717, 1.165) is 16.7 Å². The van der Waals surface area contributed by atoms with E-state index in [4.69, 9.17) is 9.47 Å². The molecule has 0 aromatic heterocycles. The largest absolute Gasteiger partial charge is 0.489 e. The maximum Gasteiger partial charge on any atom is 0.363 e. The topological polar surface area (TPSA) is 47.9 Å². The summed E-state index contributed by atoms with van der Waals surface area (Å²) in [6, 6.07) is 15.1. The number of carbonyl (C=O) groups is 1. The summed E-state index contributed by atoms with van der Waals surface area (Å²) in [7, 11) is 0. The smallest absolute Gasteiger partial charge is 0.363 e. The summed E-state index contributed by atoms with van der Waals surface area (Å²) < 4.78 is 10.9. The molecule has 3 rings (SSSR count). The first kappa shape index (κ1) is 15.7. The number of hydrogen-bond acceptors (Lipinski definition) is 4. The summed E-state index contributed by atoms with van der Waals surface area (Å²) in [6.45, 7) is 6.00. The van der Waals surface area contributed by atoms with E-state index in [0.29, 0.717) is 18.3 Å². The molecule has 1 heterocycles. The Morgan fingerprint density at radius 1 is 1.21 bits per heavy atom. The molecule has 24 heavy (non-hydrogen) atoms. The third kappa shape index (κ3) is 3.43. The van der Waals surface area contributed by atoms with Gasteiger partial charge in [0.2, 0.25) is 5.90 Å². The molecule has 0 aliphatic carbocycles. The fraction of sp³-hybridized carbons (Fsp3) is 0.100. The van der Waals surface area contributed by atoms with Gasteiger partial charge >= 0.3 is 5.97 Å². The highest BCUT2D eigenvalue weighted by Gasteiger charge is 2.24. The number of cyclic esters (lactones) is 1. The highest BCUT2D eigenvalue weighted by atomic mass is 16.6. The second-order valence-electron chi connectivity index (χ2n) is 5.34. The Bertz CT molecular complexity index is 849. The zero-order chi connectivity index (χ0) is 16.9. The van der Waals surface area contributed by atoms with E-state index in [9.17, 15) is 4.79 Å². The standard InChI is InChI=1S/C20H17NO3/c1-3-11-23-18-10-5-4-8-15(18)13-17-20(22)24-19(21-17)16-9-6-7-14(2)12-16/h3-10,12-13H,1,11H2,2H3/b17-13-. The van der Waals surface area contributed by atoms with Crippen LogP contribution < -0.4 is 4.74 Å². The first-order valence-electron chi connectivity index (χ1n) is 7.59. The quantitative estimate of drug-likeness (QED) is 0.477. The van der Waals surface area contributed by atoms with Crippen molar-refractivity contribution in [3.8, 4) is 5.75 Å². The van der Waals surface area contributed by atoms with Crippen molar-refractivity contribution >= 4 is 17.9 Å². The number of rotatable bonds is 5. The molecule has 4 heteroatoms. The molecule has 120 valence electrons. The maximum atomic E-state index is 12.1. The van der Waals surface area contributed by atoms with Crippen molar-refractivity contribution in [2.24, 2.45) is 4.99 Å². The molecular weight excluding hydrogens is 302 g/mol. The fourth-order valence-corrected chi connectivity index (χ4v) is 2.34. The summed E-state index contributed by atoms with van der Waals surface area (Å²) in [5, 5.41) is 0. The third-order valence-electron chi connectivity index (χ3n) is 3.45. The van der Waals surface area contributed by atoms with Gasteiger partial charge in [-0.3, -0.25) is 0 Å². The van der Waals surface area contributed by atoms with Gasteiger partial charge in [-0.25, -0.2) is 9.79 Å². The van der Waals surface area contributed by atoms with E-state index in [1.54, 1.807) is 12.2 Å². The van der Waals surface area contributed by atoms with Crippen molar-refractivity contribution in [2.75, 3.05) is 6.61 Å². The SMILES string of the molecule is C=CCOc1ccccc1/C=C1\N=C(c2cccc(C)c2)OC1=O. The van der Waals surface area contributed by atoms with Crippen molar-refractivity contribution in [3.05, 3.63) is 83.6 Å². The maximum absolute atomic E-state index is 12.1. The van der Waals surface area contributed by atoms with Crippen molar-refractivity contribution in [1.29, 1.82) is 0 Å². The molecule has 0 saturated carbocycles. The minimum atomic E-state index is -0.468. The predicted octanol–water partition coefficient (Wildman–Crippen LogP) is 3.90. The Hall–Kier alpha value is -3.14. The number of hydrogen-bond donors (Lipinski definition) is 0. The van der Waals surface area contributed by atoms with Crippen LogP contribution in [0.3, 0.4) is 0 Å². The molecule has 0 N–H and O–H groups in total. The van der Waals surface area contributed by atoms with E-state index >= 15 is 0 Å². The minimum absolute atomic E-state index is 0.251. The first-order valence-corrected chi connectivity index (χ1v) is 7.59. The molecule has 0 bridgehead atoms. The lowest BCUT2D eigenvalue weighted by Gasteiger charge is -2.06. The second-order valence-corrected chi connectivity index (χ2v) is 5.34. The van der Waals surface area contributed by atoms with Crippen molar-refractivity contribution < 1.29 is 14.3 Å². The average Bonchev–Trinajstić information content (AvgIpc) is 2.95. The Labute approximate surface area is 140 Å². The zero-order valence-corrected chi connectivity index (χ0v) is 13.4. The van der Waals surface area contributed by atoms with Gasteiger partial charge in [-0.2, -0.15) is 0 Å². The van der Waals surface area contributed by atoms with Crippen molar-refractivity contribution in [3.63, 3.8) is 0 Å². The Morgan fingerprint density at radius 3 is 2.83 bits per heavy atom. The van der Waals surface area contributed by atoms with Crippen molar-refractivity contribution in [1.82, 2.24) is 0 Å². The summed E-state index contributed by atoms with van der Waals surface area (Å²) in [4.78, 5) is 16.4. The highest BCUT2D eigenvalue weighted by Crippen LogP contribution is 2.24. The normalized spacial score (nSPS) is 15.1. The molecule has 4 nitrogen and oxygen atoms in total. The van der Waals surface area contributed by atoms with Gasteiger partial charge in [0, 0.05) is 11.1 Å². The van der Waals surface area contributed by atoms with Crippen LogP contribution in [0.15, 0.2) is 71.9 Å². The number of aryl methyl sites for hydroxylation is 1. The van der Waals surface area contributed by atoms with Gasteiger partial charge in [-0.15, -0.1) is 0 Å². The lowest BCUT2D eigenvalue weighted by Crippen LogP contribution is -2.05. The summed E-state index contributed by atoms with van der Waals surface area (Å²) in [5.74, 6) is 0.515.